The van der Waals surface area contributed by atoms with E-state index in [-0.39, 0.29) is 34.1 Å². The number of hydrogen-bond donors (Lipinski definition) is 2. The van der Waals surface area contributed by atoms with E-state index in [1.807, 2.05) is 0 Å². The zero-order valence-electron chi connectivity index (χ0n) is 18.0. The van der Waals surface area contributed by atoms with Crippen molar-refractivity contribution in [3.8, 4) is 0 Å². The van der Waals surface area contributed by atoms with Gasteiger partial charge >= 0.3 is 24.1 Å². The highest BCUT2D eigenvalue weighted by atomic mass is 19.4. The second-order valence-corrected chi connectivity index (χ2v) is 7.41. The molecule has 1 aromatic carbocycles. The summed E-state index contributed by atoms with van der Waals surface area (Å²) in [6, 6.07) is 7.43. The predicted octanol–water partition coefficient (Wildman–Crippen LogP) is 1.52. The molecule has 14 heteroatoms. The molecule has 11 nitrogen and oxygen atoms in total. The minimum absolute atomic E-state index is 0.0199. The SMILES string of the molecule is O=C(CC(=O)c1cc2c(o1)C(=O)c1ccccc1C2=O)OCOC(=O)C1CNC1.O=C(O)C(F)(F)F. The number of aliphatic carboxylic acids is 1. The number of benzene rings is 1. The van der Waals surface area contributed by atoms with Crippen LogP contribution in [0, 0.1) is 5.92 Å². The maximum atomic E-state index is 12.5. The van der Waals surface area contributed by atoms with Crippen molar-refractivity contribution in [3.63, 3.8) is 0 Å². The number of ketones is 3. The fraction of sp³-hybridized carbons (Fsp3) is 0.273. The van der Waals surface area contributed by atoms with Gasteiger partial charge < -0.3 is 24.3 Å². The first kappa shape index (κ1) is 26.3. The van der Waals surface area contributed by atoms with Crippen molar-refractivity contribution < 1.29 is 60.9 Å². The van der Waals surface area contributed by atoms with E-state index in [0.29, 0.717) is 13.1 Å². The Hall–Kier alpha value is -4.33. The van der Waals surface area contributed by atoms with Crippen molar-refractivity contribution in [2.45, 2.75) is 12.6 Å². The number of furan rings is 1. The van der Waals surface area contributed by atoms with Crippen LogP contribution in [0.3, 0.4) is 0 Å². The molecular weight excluding hydrogens is 495 g/mol. The molecule has 2 aromatic rings. The second kappa shape index (κ2) is 10.5. The highest BCUT2D eigenvalue weighted by Gasteiger charge is 2.38. The summed E-state index contributed by atoms with van der Waals surface area (Å²) in [5, 5.41) is 10.0. The van der Waals surface area contributed by atoms with Crippen LogP contribution >= 0.6 is 0 Å². The first-order valence-corrected chi connectivity index (χ1v) is 10.1. The maximum Gasteiger partial charge on any atom is 0.490 e. The lowest BCUT2D eigenvalue weighted by molar-refractivity contribution is -0.192. The molecule has 36 heavy (non-hydrogen) atoms. The van der Waals surface area contributed by atoms with Gasteiger partial charge in [0, 0.05) is 24.2 Å². The molecule has 2 N–H and O–H groups in total. The Morgan fingerprint density at radius 3 is 2.11 bits per heavy atom. The van der Waals surface area contributed by atoms with Crippen LogP contribution in [-0.4, -0.2) is 66.4 Å². The number of carbonyl (C=O) groups excluding carboxylic acids is 5. The summed E-state index contributed by atoms with van der Waals surface area (Å²) in [7, 11) is 0. The fourth-order valence-corrected chi connectivity index (χ4v) is 3.01. The third kappa shape index (κ3) is 5.83. The summed E-state index contributed by atoms with van der Waals surface area (Å²) in [6.45, 7) is 0.424. The predicted molar refractivity (Wildman–Crippen MR) is 108 cm³/mol. The fourth-order valence-electron chi connectivity index (χ4n) is 3.01. The van der Waals surface area contributed by atoms with Gasteiger partial charge in [-0.3, -0.25) is 24.0 Å². The van der Waals surface area contributed by atoms with Crippen molar-refractivity contribution in [1.29, 1.82) is 0 Å². The quantitative estimate of drug-likeness (QED) is 0.213. The van der Waals surface area contributed by atoms with Crippen molar-refractivity contribution in [2.24, 2.45) is 5.92 Å². The molecule has 1 saturated heterocycles. The number of carboxylic acid groups (broad SMARTS) is 1. The van der Waals surface area contributed by atoms with E-state index >= 15 is 0 Å². The van der Waals surface area contributed by atoms with E-state index in [1.54, 1.807) is 12.1 Å². The third-order valence-electron chi connectivity index (χ3n) is 4.96. The van der Waals surface area contributed by atoms with E-state index in [2.05, 4.69) is 5.32 Å². The molecule has 0 atom stereocenters. The topological polar surface area (TPSA) is 166 Å². The third-order valence-corrected chi connectivity index (χ3v) is 4.96. The Kier molecular flexibility index (Phi) is 7.68. The summed E-state index contributed by atoms with van der Waals surface area (Å²) < 4.78 is 46.5. The van der Waals surface area contributed by atoms with Crippen molar-refractivity contribution in [3.05, 3.63) is 58.5 Å². The average molecular weight is 511 g/mol. The normalized spacial score (nSPS) is 14.4. The Labute approximate surface area is 199 Å². The molecule has 1 aromatic heterocycles. The maximum absolute atomic E-state index is 12.5. The van der Waals surface area contributed by atoms with Crippen molar-refractivity contribution >= 4 is 35.3 Å². The molecule has 190 valence electrons. The van der Waals surface area contributed by atoms with Gasteiger partial charge in [-0.2, -0.15) is 13.2 Å². The Morgan fingerprint density at radius 1 is 1.00 bits per heavy atom. The van der Waals surface area contributed by atoms with Gasteiger partial charge in [0.15, 0.2) is 17.3 Å². The van der Waals surface area contributed by atoms with Crippen LogP contribution in [-0.2, 0) is 23.9 Å². The second-order valence-electron chi connectivity index (χ2n) is 7.41. The van der Waals surface area contributed by atoms with E-state index in [1.165, 1.54) is 12.1 Å². The van der Waals surface area contributed by atoms with Crippen LogP contribution in [0.4, 0.5) is 13.2 Å². The molecule has 1 fully saturated rings. The molecule has 0 saturated carbocycles. The molecule has 2 heterocycles. The number of carboxylic acids is 1. The van der Waals surface area contributed by atoms with Crippen LogP contribution in [0.25, 0.3) is 0 Å². The number of alkyl halides is 3. The number of halogens is 3. The number of rotatable bonds is 6. The van der Waals surface area contributed by atoms with E-state index in [9.17, 15) is 37.1 Å². The van der Waals surface area contributed by atoms with Gasteiger partial charge in [0.25, 0.3) is 0 Å². The summed E-state index contributed by atoms with van der Waals surface area (Å²) in [5.41, 5.74) is 0.405. The molecule has 0 radical (unpaired) electrons. The van der Waals surface area contributed by atoms with Crippen molar-refractivity contribution in [1.82, 2.24) is 5.32 Å². The first-order chi connectivity index (χ1) is 16.9. The lowest BCUT2D eigenvalue weighted by Crippen LogP contribution is -2.47. The lowest BCUT2D eigenvalue weighted by Gasteiger charge is -2.24. The van der Waals surface area contributed by atoms with Crippen LogP contribution in [0.1, 0.15) is 49.0 Å². The Balaban J connectivity index is 0.000000454. The number of nitrogens with one attached hydrogen (secondary N) is 1. The molecule has 0 amide bonds. The van der Waals surface area contributed by atoms with Crippen LogP contribution in [0.2, 0.25) is 0 Å². The van der Waals surface area contributed by atoms with E-state index in [0.717, 1.165) is 6.07 Å². The minimum atomic E-state index is -5.08. The van der Waals surface area contributed by atoms with Gasteiger partial charge in [0.2, 0.25) is 18.4 Å². The molecular formula is C22H16F3NO10. The van der Waals surface area contributed by atoms with Gasteiger partial charge in [-0.05, 0) is 6.07 Å². The summed E-state index contributed by atoms with van der Waals surface area (Å²) >= 11 is 0. The largest absolute Gasteiger partial charge is 0.490 e. The standard InChI is InChI=1S/C20H15NO8.C2HF3O2/c22-14(6-16(23)27-9-28-20(26)10-7-21-8-10)15-5-13-17(24)11-3-1-2-4-12(11)18(25)19(13)29-15;3-2(4,5)1(6)7/h1-5,10,21H,6-9H2;(H,6,7). The zero-order chi connectivity index (χ0) is 26.6. The number of esters is 2. The molecule has 2 aliphatic rings. The summed E-state index contributed by atoms with van der Waals surface area (Å²) in [5.74, 6) is -6.65. The van der Waals surface area contributed by atoms with E-state index < -0.39 is 54.6 Å². The number of ether oxygens (including phenoxy) is 2. The highest BCUT2D eigenvalue weighted by Crippen LogP contribution is 2.30. The van der Waals surface area contributed by atoms with Crippen LogP contribution in [0.15, 0.2) is 34.7 Å². The number of fused-ring (bicyclic) bond motifs is 2. The molecule has 1 aliphatic heterocycles. The molecule has 1 aliphatic carbocycles. The first-order valence-electron chi connectivity index (χ1n) is 10.1. The zero-order valence-corrected chi connectivity index (χ0v) is 18.0. The summed E-state index contributed by atoms with van der Waals surface area (Å²) in [4.78, 5) is 69.5. The number of Topliss-reactive ketones (excluding diaryl/α,β-unsaturated/α-hetero) is 1. The van der Waals surface area contributed by atoms with Gasteiger partial charge in [-0.1, -0.05) is 24.3 Å². The molecule has 4 rings (SSSR count). The Bertz CT molecular complexity index is 1190. The highest BCUT2D eigenvalue weighted by molar-refractivity contribution is 6.28. The number of hydrogen-bond acceptors (Lipinski definition) is 10. The number of carbonyl (C=O) groups is 6. The van der Waals surface area contributed by atoms with Gasteiger partial charge in [0.05, 0.1) is 11.5 Å². The van der Waals surface area contributed by atoms with Crippen LogP contribution < -0.4 is 5.32 Å². The van der Waals surface area contributed by atoms with Gasteiger partial charge in [-0.15, -0.1) is 0 Å². The van der Waals surface area contributed by atoms with Crippen molar-refractivity contribution in [2.75, 3.05) is 19.9 Å². The average Bonchev–Trinajstić information content (AvgIpc) is 3.22. The summed E-state index contributed by atoms with van der Waals surface area (Å²) in [6.07, 6.45) is -5.77. The monoisotopic (exact) mass is 511 g/mol. The van der Waals surface area contributed by atoms with Crippen LogP contribution in [0.5, 0.6) is 0 Å². The molecule has 0 unspecified atom stereocenters. The van der Waals surface area contributed by atoms with E-state index in [4.69, 9.17) is 23.8 Å². The van der Waals surface area contributed by atoms with Gasteiger partial charge in [0.1, 0.15) is 6.42 Å². The smallest absolute Gasteiger partial charge is 0.475 e. The lowest BCUT2D eigenvalue weighted by atomic mass is 9.88. The molecule has 0 bridgehead atoms. The molecule has 0 spiro atoms. The van der Waals surface area contributed by atoms with Gasteiger partial charge in [-0.25, -0.2) is 4.79 Å². The Morgan fingerprint density at radius 2 is 1.58 bits per heavy atom. The minimum Gasteiger partial charge on any atom is -0.475 e.